The lowest BCUT2D eigenvalue weighted by molar-refractivity contribution is -0.115. The van der Waals surface area contributed by atoms with Gasteiger partial charge in [0.2, 0.25) is 5.91 Å². The minimum atomic E-state index is -0.593. The molecule has 0 aromatic heterocycles. The lowest BCUT2D eigenvalue weighted by Gasteiger charge is -2.14. The molecule has 0 aliphatic heterocycles. The minimum absolute atomic E-state index is 0.0941. The third-order valence-electron chi connectivity index (χ3n) is 2.91. The van der Waals surface area contributed by atoms with Gasteiger partial charge in [-0.2, -0.15) is 0 Å². The second-order valence-electron chi connectivity index (χ2n) is 4.50. The first kappa shape index (κ1) is 14.7. The summed E-state index contributed by atoms with van der Waals surface area (Å²) in [5.74, 6) is -0.0941. The van der Waals surface area contributed by atoms with Crippen molar-refractivity contribution in [2.75, 3.05) is 11.9 Å². The SMILES string of the molecule is CCC(C)NCC(=O)Nc1ccccc1C(C)O. The average Bonchev–Trinajstić information content (AvgIpc) is 2.36. The van der Waals surface area contributed by atoms with Gasteiger partial charge in [0.05, 0.1) is 12.6 Å². The van der Waals surface area contributed by atoms with Crippen LogP contribution in [0.25, 0.3) is 0 Å². The molecular formula is C14H22N2O2. The van der Waals surface area contributed by atoms with E-state index in [2.05, 4.69) is 17.6 Å². The molecule has 0 saturated heterocycles. The van der Waals surface area contributed by atoms with Crippen LogP contribution in [-0.4, -0.2) is 23.6 Å². The third kappa shape index (κ3) is 4.47. The highest BCUT2D eigenvalue weighted by Crippen LogP contribution is 2.21. The molecule has 18 heavy (non-hydrogen) atoms. The van der Waals surface area contributed by atoms with Gasteiger partial charge in [-0.15, -0.1) is 0 Å². The van der Waals surface area contributed by atoms with Crippen molar-refractivity contribution in [1.82, 2.24) is 5.32 Å². The minimum Gasteiger partial charge on any atom is -0.389 e. The molecule has 0 aliphatic carbocycles. The van der Waals surface area contributed by atoms with E-state index >= 15 is 0 Å². The maximum atomic E-state index is 11.8. The first-order valence-corrected chi connectivity index (χ1v) is 6.34. The van der Waals surface area contributed by atoms with Gasteiger partial charge in [-0.3, -0.25) is 4.79 Å². The van der Waals surface area contributed by atoms with Gasteiger partial charge < -0.3 is 15.7 Å². The maximum Gasteiger partial charge on any atom is 0.238 e. The summed E-state index contributed by atoms with van der Waals surface area (Å²) in [5.41, 5.74) is 1.40. The standard InChI is InChI=1S/C14H22N2O2/c1-4-10(2)15-9-14(18)16-13-8-6-5-7-12(13)11(3)17/h5-8,10-11,15,17H,4,9H2,1-3H3,(H,16,18). The van der Waals surface area contributed by atoms with E-state index in [0.29, 0.717) is 11.7 Å². The Morgan fingerprint density at radius 2 is 2.00 bits per heavy atom. The number of anilines is 1. The molecular weight excluding hydrogens is 228 g/mol. The van der Waals surface area contributed by atoms with Crippen molar-refractivity contribution in [3.8, 4) is 0 Å². The molecule has 1 aromatic rings. The number of aliphatic hydroxyl groups is 1. The molecule has 3 N–H and O–H groups in total. The smallest absolute Gasteiger partial charge is 0.238 e. The summed E-state index contributed by atoms with van der Waals surface area (Å²) in [6, 6.07) is 7.60. The van der Waals surface area contributed by atoms with E-state index in [9.17, 15) is 9.90 Å². The number of hydrogen-bond acceptors (Lipinski definition) is 3. The van der Waals surface area contributed by atoms with E-state index in [-0.39, 0.29) is 12.5 Å². The number of para-hydroxylation sites is 1. The summed E-state index contributed by atoms with van der Waals surface area (Å²) in [6.07, 6.45) is 0.390. The normalized spacial score (nSPS) is 14.0. The van der Waals surface area contributed by atoms with Gasteiger partial charge in [0, 0.05) is 17.3 Å². The summed E-state index contributed by atoms with van der Waals surface area (Å²) in [6.45, 7) is 6.07. The quantitative estimate of drug-likeness (QED) is 0.724. The molecule has 1 rings (SSSR count). The molecule has 0 radical (unpaired) electrons. The van der Waals surface area contributed by atoms with E-state index in [0.717, 1.165) is 12.0 Å². The number of aliphatic hydroxyl groups excluding tert-OH is 1. The van der Waals surface area contributed by atoms with Gasteiger partial charge in [0.15, 0.2) is 0 Å². The Balaban J connectivity index is 2.59. The molecule has 2 atom stereocenters. The predicted molar refractivity (Wildman–Crippen MR) is 73.5 cm³/mol. The fourth-order valence-electron chi connectivity index (χ4n) is 1.58. The van der Waals surface area contributed by atoms with Gasteiger partial charge in [-0.05, 0) is 26.3 Å². The van der Waals surface area contributed by atoms with Crippen molar-refractivity contribution >= 4 is 11.6 Å². The molecule has 0 saturated carbocycles. The van der Waals surface area contributed by atoms with E-state index in [1.165, 1.54) is 0 Å². The lowest BCUT2D eigenvalue weighted by Crippen LogP contribution is -2.34. The highest BCUT2D eigenvalue weighted by Gasteiger charge is 2.10. The van der Waals surface area contributed by atoms with E-state index < -0.39 is 6.10 Å². The first-order valence-electron chi connectivity index (χ1n) is 6.34. The second-order valence-corrected chi connectivity index (χ2v) is 4.50. The van der Waals surface area contributed by atoms with Crippen LogP contribution in [0.1, 0.15) is 38.9 Å². The van der Waals surface area contributed by atoms with Crippen LogP contribution in [0.2, 0.25) is 0 Å². The van der Waals surface area contributed by atoms with Gasteiger partial charge in [0.1, 0.15) is 0 Å². The lowest BCUT2D eigenvalue weighted by atomic mass is 10.1. The zero-order chi connectivity index (χ0) is 13.5. The first-order chi connectivity index (χ1) is 8.54. The van der Waals surface area contributed by atoms with Crippen LogP contribution in [0, 0.1) is 0 Å². The maximum absolute atomic E-state index is 11.8. The Labute approximate surface area is 108 Å². The number of amides is 1. The van der Waals surface area contributed by atoms with Crippen LogP contribution in [0.4, 0.5) is 5.69 Å². The van der Waals surface area contributed by atoms with Crippen molar-refractivity contribution < 1.29 is 9.90 Å². The fourth-order valence-corrected chi connectivity index (χ4v) is 1.58. The monoisotopic (exact) mass is 250 g/mol. The summed E-state index contributed by atoms with van der Waals surface area (Å²) in [7, 11) is 0. The van der Waals surface area contributed by atoms with E-state index in [4.69, 9.17) is 0 Å². The van der Waals surface area contributed by atoms with E-state index in [1.807, 2.05) is 25.1 Å². The highest BCUT2D eigenvalue weighted by molar-refractivity contribution is 5.93. The number of carbonyl (C=O) groups excluding carboxylic acids is 1. The van der Waals surface area contributed by atoms with Crippen molar-refractivity contribution in [2.24, 2.45) is 0 Å². The van der Waals surface area contributed by atoms with Crippen LogP contribution in [0.5, 0.6) is 0 Å². The Bertz CT molecular complexity index is 391. The van der Waals surface area contributed by atoms with Crippen molar-refractivity contribution in [3.63, 3.8) is 0 Å². The third-order valence-corrected chi connectivity index (χ3v) is 2.91. The summed E-state index contributed by atoms with van der Waals surface area (Å²) < 4.78 is 0. The van der Waals surface area contributed by atoms with Crippen LogP contribution in [0.3, 0.4) is 0 Å². The molecule has 1 aromatic carbocycles. The topological polar surface area (TPSA) is 61.4 Å². The van der Waals surface area contributed by atoms with Gasteiger partial charge in [-0.1, -0.05) is 25.1 Å². The molecule has 0 aliphatic rings. The van der Waals surface area contributed by atoms with Crippen LogP contribution >= 0.6 is 0 Å². The van der Waals surface area contributed by atoms with E-state index in [1.54, 1.807) is 13.0 Å². The fraction of sp³-hybridized carbons (Fsp3) is 0.500. The molecule has 0 fully saturated rings. The molecule has 0 bridgehead atoms. The van der Waals surface area contributed by atoms with Crippen LogP contribution < -0.4 is 10.6 Å². The largest absolute Gasteiger partial charge is 0.389 e. The van der Waals surface area contributed by atoms with Crippen LogP contribution in [-0.2, 0) is 4.79 Å². The molecule has 1 amide bonds. The molecule has 100 valence electrons. The number of hydrogen-bond donors (Lipinski definition) is 3. The summed E-state index contributed by atoms with van der Waals surface area (Å²) in [4.78, 5) is 11.8. The molecule has 0 heterocycles. The molecule has 0 spiro atoms. The Morgan fingerprint density at radius 3 is 2.61 bits per heavy atom. The van der Waals surface area contributed by atoms with Gasteiger partial charge >= 0.3 is 0 Å². The Kier molecular flexibility index (Phi) is 5.82. The molecule has 4 heteroatoms. The van der Waals surface area contributed by atoms with Crippen molar-refractivity contribution in [2.45, 2.75) is 39.3 Å². The zero-order valence-electron chi connectivity index (χ0n) is 11.2. The molecule has 4 nitrogen and oxygen atoms in total. The second kappa shape index (κ2) is 7.13. The average molecular weight is 250 g/mol. The van der Waals surface area contributed by atoms with Crippen molar-refractivity contribution in [3.05, 3.63) is 29.8 Å². The number of rotatable bonds is 6. The summed E-state index contributed by atoms with van der Waals surface area (Å²) in [5, 5.41) is 15.5. The number of nitrogens with one attached hydrogen (secondary N) is 2. The Morgan fingerprint density at radius 1 is 1.33 bits per heavy atom. The number of carbonyl (C=O) groups is 1. The van der Waals surface area contributed by atoms with Gasteiger partial charge in [0.25, 0.3) is 0 Å². The van der Waals surface area contributed by atoms with Gasteiger partial charge in [-0.25, -0.2) is 0 Å². The summed E-state index contributed by atoms with van der Waals surface area (Å²) >= 11 is 0. The zero-order valence-corrected chi connectivity index (χ0v) is 11.2. The van der Waals surface area contributed by atoms with Crippen LogP contribution in [0.15, 0.2) is 24.3 Å². The molecule has 2 unspecified atom stereocenters. The Hall–Kier alpha value is -1.39. The highest BCUT2D eigenvalue weighted by atomic mass is 16.3. The number of benzene rings is 1. The van der Waals surface area contributed by atoms with Crippen molar-refractivity contribution in [1.29, 1.82) is 0 Å². The predicted octanol–water partition coefficient (Wildman–Crippen LogP) is 2.07.